The van der Waals surface area contributed by atoms with Crippen LogP contribution in [0.1, 0.15) is 7.65 Å². The van der Waals surface area contributed by atoms with Crippen LogP contribution >= 0.6 is 15.6 Å². The molecule has 18 heteroatoms. The van der Waals surface area contributed by atoms with Crippen LogP contribution in [0.2, 0.25) is 0 Å². The van der Waals surface area contributed by atoms with E-state index in [0.29, 0.717) is 0 Å². The summed E-state index contributed by atoms with van der Waals surface area (Å²) >= 11 is 0. The summed E-state index contributed by atoms with van der Waals surface area (Å²) in [6.45, 7) is -1.02. The predicted molar refractivity (Wildman–Crippen MR) is 70.6 cm³/mol. The molecule has 0 aromatic carbocycles. The summed E-state index contributed by atoms with van der Waals surface area (Å²) in [5.41, 5.74) is -1.69. The van der Waals surface area contributed by atoms with Crippen LogP contribution < -0.4 is 63.7 Å². The van der Waals surface area contributed by atoms with Gasteiger partial charge in [0.1, 0.15) is 18.3 Å². The van der Waals surface area contributed by atoms with Crippen LogP contribution in [0.25, 0.3) is 0 Å². The fourth-order valence-corrected chi connectivity index (χ4v) is 3.53. The first-order chi connectivity index (χ1) is 11.4. The molecule has 0 bridgehead atoms. The van der Waals surface area contributed by atoms with Gasteiger partial charge in [0.05, 0.1) is 14.4 Å². The number of phosphoric ester groups is 1. The van der Waals surface area contributed by atoms with E-state index in [4.69, 9.17) is 4.74 Å². The Morgan fingerprint density at radius 2 is 1.81 bits per heavy atom. The standard InChI is InChI=1S/C9H14N2O12P2.2Li/c12-5-1-2-11(9(15)10-5)8-7(14)6(13)4(22-8)3-21-25(19,20)23-24(16,17)18;;/h1-2,4,6-8,13-14H,3H2,(H,19,20)(H,10,12,15)(H2,16,17,18);;/q;2*+1/p-2/t4-,6-,7-,8-;;/m1../s1. The van der Waals surface area contributed by atoms with Gasteiger partial charge in [-0.25, -0.2) is 4.79 Å². The van der Waals surface area contributed by atoms with Gasteiger partial charge in [-0.3, -0.25) is 23.2 Å². The van der Waals surface area contributed by atoms with Crippen LogP contribution in [-0.2, 0) is 22.7 Å². The van der Waals surface area contributed by atoms with Crippen molar-refractivity contribution in [1.29, 1.82) is 0 Å². The number of H-pyrrole nitrogens is 1. The van der Waals surface area contributed by atoms with Crippen molar-refractivity contribution in [2.24, 2.45) is 0 Å². The van der Waals surface area contributed by atoms with Crippen molar-refractivity contribution in [3.05, 3.63) is 33.1 Å². The molecule has 0 aliphatic carbocycles. The van der Waals surface area contributed by atoms with E-state index in [1.54, 1.807) is 0 Å². The molecule has 2 heterocycles. The third-order valence-electron chi connectivity index (χ3n) is 3.06. The third-order valence-corrected chi connectivity index (χ3v) is 5.12. The van der Waals surface area contributed by atoms with E-state index in [9.17, 15) is 43.6 Å². The summed E-state index contributed by atoms with van der Waals surface area (Å²) in [5.74, 6) is 0. The monoisotopic (exact) mass is 416 g/mol. The van der Waals surface area contributed by atoms with E-state index >= 15 is 0 Å². The molecular weight excluding hydrogens is 404 g/mol. The van der Waals surface area contributed by atoms with Crippen molar-refractivity contribution in [3.8, 4) is 0 Å². The average Bonchev–Trinajstić information content (AvgIpc) is 2.71. The fourth-order valence-electron chi connectivity index (χ4n) is 2.04. The minimum atomic E-state index is -5.88. The van der Waals surface area contributed by atoms with Gasteiger partial charge < -0.3 is 38.7 Å². The number of aliphatic hydroxyl groups is 2. The summed E-state index contributed by atoms with van der Waals surface area (Å²) in [6.07, 6.45) is -5.51. The van der Waals surface area contributed by atoms with Crippen LogP contribution in [0, 0.1) is 0 Å². The number of aromatic nitrogens is 2. The van der Waals surface area contributed by atoms with Crippen molar-refractivity contribution >= 4 is 15.6 Å². The van der Waals surface area contributed by atoms with Crippen molar-refractivity contribution in [2.45, 2.75) is 24.5 Å². The molecule has 0 spiro atoms. The number of phosphoric acid groups is 2. The van der Waals surface area contributed by atoms with Crippen LogP contribution in [0.15, 0.2) is 21.9 Å². The Kier molecular flexibility index (Phi) is 10.2. The number of rotatable bonds is 6. The maximum atomic E-state index is 11.6. The van der Waals surface area contributed by atoms with Gasteiger partial charge in [0.2, 0.25) is 0 Å². The zero-order chi connectivity index (χ0) is 19.0. The second-order valence-corrected chi connectivity index (χ2v) is 7.54. The van der Waals surface area contributed by atoms with Crippen molar-refractivity contribution in [1.82, 2.24) is 9.55 Å². The number of aliphatic hydroxyl groups excluding tert-OH is 2. The summed E-state index contributed by atoms with van der Waals surface area (Å²) in [4.78, 5) is 56.2. The molecule has 1 aliphatic rings. The first-order valence-electron chi connectivity index (χ1n) is 6.42. The molecule has 3 N–H and O–H groups in total. The van der Waals surface area contributed by atoms with Crippen molar-refractivity contribution < 1.29 is 86.7 Å². The third kappa shape index (κ3) is 7.40. The number of hydrogen-bond donors (Lipinski definition) is 3. The fraction of sp³-hybridized carbons (Fsp3) is 0.556. The molecule has 1 saturated heterocycles. The number of nitrogens with zero attached hydrogens (tertiary/aromatic N) is 1. The Bertz CT molecular complexity index is 845. The van der Waals surface area contributed by atoms with E-state index in [2.05, 4.69) is 8.83 Å². The summed E-state index contributed by atoms with van der Waals surface area (Å²) < 4.78 is 34.6. The van der Waals surface area contributed by atoms with Crippen molar-refractivity contribution in [2.75, 3.05) is 6.61 Å². The minimum absolute atomic E-state index is 0. The van der Waals surface area contributed by atoms with Crippen LogP contribution in [-0.4, -0.2) is 44.7 Å². The first kappa shape index (κ1) is 27.0. The molecule has 1 fully saturated rings. The second kappa shape index (κ2) is 10.2. The molecule has 142 valence electrons. The number of ether oxygens (including phenoxy) is 1. The molecular formula is C9H12Li2N2O12P2. The molecule has 0 saturated carbocycles. The van der Waals surface area contributed by atoms with Gasteiger partial charge in [-0.05, 0) is 0 Å². The van der Waals surface area contributed by atoms with Gasteiger partial charge in [0, 0.05) is 12.3 Å². The van der Waals surface area contributed by atoms with Gasteiger partial charge in [0.25, 0.3) is 13.4 Å². The summed E-state index contributed by atoms with van der Waals surface area (Å²) in [5, 5.41) is 19.7. The second-order valence-electron chi connectivity index (χ2n) is 4.84. The van der Waals surface area contributed by atoms with E-state index < -0.39 is 58.0 Å². The van der Waals surface area contributed by atoms with Crippen LogP contribution in [0.5, 0.6) is 0 Å². The molecule has 2 rings (SSSR count). The van der Waals surface area contributed by atoms with Crippen LogP contribution in [0.3, 0.4) is 0 Å². The summed E-state index contributed by atoms with van der Waals surface area (Å²) in [6, 6.07) is 0.938. The molecule has 1 aromatic heterocycles. The molecule has 14 nitrogen and oxygen atoms in total. The largest absolute Gasteiger partial charge is 1.00 e. The zero-order valence-corrected chi connectivity index (χ0v) is 15.8. The number of aromatic amines is 1. The topological polar surface area (TPSA) is 226 Å². The van der Waals surface area contributed by atoms with E-state index in [1.807, 2.05) is 4.98 Å². The quantitative estimate of drug-likeness (QED) is 0.290. The Hall–Kier alpha value is 0.0148. The Morgan fingerprint density at radius 3 is 2.33 bits per heavy atom. The van der Waals surface area contributed by atoms with Crippen LogP contribution in [0.4, 0.5) is 0 Å². The first-order valence-corrected chi connectivity index (χ1v) is 9.34. The van der Waals surface area contributed by atoms with E-state index in [-0.39, 0.29) is 39.1 Å². The van der Waals surface area contributed by atoms with Gasteiger partial charge in [-0.1, -0.05) is 0 Å². The average molecular weight is 416 g/mol. The normalized spacial score (nSPS) is 27.3. The maximum absolute atomic E-state index is 11.6. The smallest absolute Gasteiger partial charge is 0.790 e. The van der Waals surface area contributed by atoms with Gasteiger partial charge in [-0.15, -0.1) is 0 Å². The Balaban J connectivity index is 0. The SMILES string of the molecule is O=c1ccn([C@@H]2O[C@H](COP(=O)([O-])OP(=O)([O-])[O-])[C@@H](O)[C@H]2O)c(=O)[nH]1.[H+].[Li+].[Li+]. The van der Waals surface area contributed by atoms with Gasteiger partial charge >= 0.3 is 44.8 Å². The number of nitrogens with one attached hydrogen (secondary N) is 1. The molecule has 1 aromatic rings. The molecule has 5 atom stereocenters. The molecule has 27 heavy (non-hydrogen) atoms. The minimum Gasteiger partial charge on any atom is -0.790 e. The zero-order valence-electron chi connectivity index (χ0n) is 15.0. The molecule has 1 aliphatic heterocycles. The van der Waals surface area contributed by atoms with Gasteiger partial charge in [-0.2, -0.15) is 0 Å². The maximum Gasteiger partial charge on any atom is 1.00 e. The van der Waals surface area contributed by atoms with Gasteiger partial charge in [0.15, 0.2) is 6.23 Å². The molecule has 0 amide bonds. The van der Waals surface area contributed by atoms with E-state index in [0.717, 1.165) is 16.8 Å². The Labute approximate surface area is 176 Å². The molecule has 1 unspecified atom stereocenters. The van der Waals surface area contributed by atoms with Crippen molar-refractivity contribution in [3.63, 3.8) is 0 Å². The number of hydrogen-bond acceptors (Lipinski definition) is 12. The van der Waals surface area contributed by atoms with E-state index in [1.165, 1.54) is 0 Å². The predicted octanol–water partition coefficient (Wildman–Crippen LogP) is -10.4. The molecule has 0 radical (unpaired) electrons. The summed E-state index contributed by atoms with van der Waals surface area (Å²) in [7, 11) is -11.4. The Morgan fingerprint density at radius 1 is 1.22 bits per heavy atom.